The van der Waals surface area contributed by atoms with E-state index in [0.29, 0.717) is 12.0 Å². The van der Waals surface area contributed by atoms with Crippen molar-refractivity contribution in [1.29, 1.82) is 5.26 Å². The van der Waals surface area contributed by atoms with E-state index in [0.717, 1.165) is 19.3 Å². The van der Waals surface area contributed by atoms with Gasteiger partial charge in [0.15, 0.2) is 0 Å². The topological polar surface area (TPSA) is 23.8 Å². The SMILES string of the molecule is N#CC1(Cc2ccccc2C(F)F)CCC1. The molecule has 0 saturated heterocycles. The van der Waals surface area contributed by atoms with E-state index in [1.54, 1.807) is 18.2 Å². The number of nitrogens with zero attached hydrogens (tertiary/aromatic N) is 1. The lowest BCUT2D eigenvalue weighted by atomic mass is 9.66. The van der Waals surface area contributed by atoms with Crippen LogP contribution in [0.5, 0.6) is 0 Å². The van der Waals surface area contributed by atoms with E-state index in [2.05, 4.69) is 6.07 Å². The van der Waals surface area contributed by atoms with Gasteiger partial charge >= 0.3 is 0 Å². The first kappa shape index (κ1) is 11.1. The number of rotatable bonds is 3. The Labute approximate surface area is 93.7 Å². The Hall–Kier alpha value is -1.43. The molecular formula is C13H13F2N. The van der Waals surface area contributed by atoms with Crippen molar-refractivity contribution in [3.05, 3.63) is 35.4 Å². The highest BCUT2D eigenvalue weighted by Crippen LogP contribution is 2.44. The molecule has 0 bridgehead atoms. The van der Waals surface area contributed by atoms with Gasteiger partial charge in [0.25, 0.3) is 6.43 Å². The van der Waals surface area contributed by atoms with E-state index >= 15 is 0 Å². The summed E-state index contributed by atoms with van der Waals surface area (Å²) in [6, 6.07) is 8.81. The minimum atomic E-state index is -2.45. The van der Waals surface area contributed by atoms with E-state index < -0.39 is 6.43 Å². The molecule has 84 valence electrons. The summed E-state index contributed by atoms with van der Waals surface area (Å²) < 4.78 is 25.5. The van der Waals surface area contributed by atoms with Crippen LogP contribution in [0, 0.1) is 16.7 Å². The molecule has 3 heteroatoms. The van der Waals surface area contributed by atoms with Gasteiger partial charge in [0.05, 0.1) is 11.5 Å². The van der Waals surface area contributed by atoms with Crippen molar-refractivity contribution in [1.82, 2.24) is 0 Å². The van der Waals surface area contributed by atoms with Crippen LogP contribution in [0.15, 0.2) is 24.3 Å². The highest BCUT2D eigenvalue weighted by Gasteiger charge is 2.37. The fourth-order valence-corrected chi connectivity index (χ4v) is 2.20. The molecule has 1 aromatic rings. The van der Waals surface area contributed by atoms with Gasteiger partial charge in [-0.25, -0.2) is 8.78 Å². The summed E-state index contributed by atoms with van der Waals surface area (Å²) in [5.41, 5.74) is 0.313. The van der Waals surface area contributed by atoms with Crippen molar-refractivity contribution in [3.63, 3.8) is 0 Å². The first-order valence-corrected chi connectivity index (χ1v) is 5.44. The normalized spacial score (nSPS) is 17.9. The number of halogens is 2. The van der Waals surface area contributed by atoms with Crippen LogP contribution in [0.25, 0.3) is 0 Å². The molecule has 1 nitrogen and oxygen atoms in total. The zero-order valence-corrected chi connectivity index (χ0v) is 8.92. The molecule has 0 radical (unpaired) electrons. The number of hydrogen-bond donors (Lipinski definition) is 0. The fraction of sp³-hybridized carbons (Fsp3) is 0.462. The maximum absolute atomic E-state index is 12.7. The Bertz CT molecular complexity index is 416. The maximum Gasteiger partial charge on any atom is 0.264 e. The quantitative estimate of drug-likeness (QED) is 0.760. The number of nitriles is 1. The third-order valence-corrected chi connectivity index (χ3v) is 3.37. The molecule has 0 spiro atoms. The Morgan fingerprint density at radius 3 is 2.50 bits per heavy atom. The van der Waals surface area contributed by atoms with Crippen LogP contribution >= 0.6 is 0 Å². The Morgan fingerprint density at radius 2 is 2.00 bits per heavy atom. The molecule has 0 atom stereocenters. The summed E-state index contributed by atoms with van der Waals surface area (Å²) in [4.78, 5) is 0. The zero-order valence-electron chi connectivity index (χ0n) is 8.92. The Kier molecular flexibility index (Phi) is 2.91. The van der Waals surface area contributed by atoms with E-state index in [4.69, 9.17) is 5.26 Å². The summed E-state index contributed by atoms with van der Waals surface area (Å²) in [6.45, 7) is 0. The first-order valence-electron chi connectivity index (χ1n) is 5.44. The van der Waals surface area contributed by atoms with E-state index in [1.807, 2.05) is 0 Å². The molecule has 16 heavy (non-hydrogen) atoms. The van der Waals surface area contributed by atoms with Crippen LogP contribution in [-0.4, -0.2) is 0 Å². The lowest BCUT2D eigenvalue weighted by molar-refractivity contribution is 0.147. The second-order valence-electron chi connectivity index (χ2n) is 4.42. The molecule has 0 aliphatic heterocycles. The highest BCUT2D eigenvalue weighted by atomic mass is 19.3. The van der Waals surface area contributed by atoms with Crippen molar-refractivity contribution in [2.75, 3.05) is 0 Å². The molecular weight excluding hydrogens is 208 g/mol. The fourth-order valence-electron chi connectivity index (χ4n) is 2.20. The predicted molar refractivity (Wildman–Crippen MR) is 57.0 cm³/mol. The number of benzene rings is 1. The summed E-state index contributed by atoms with van der Waals surface area (Å²) >= 11 is 0. The maximum atomic E-state index is 12.7. The molecule has 1 fully saturated rings. The lowest BCUT2D eigenvalue weighted by Crippen LogP contribution is -2.30. The Morgan fingerprint density at radius 1 is 1.31 bits per heavy atom. The third-order valence-electron chi connectivity index (χ3n) is 3.37. The van der Waals surface area contributed by atoms with Crippen molar-refractivity contribution < 1.29 is 8.78 Å². The summed E-state index contributed by atoms with van der Waals surface area (Å²) in [5, 5.41) is 9.09. The second kappa shape index (κ2) is 4.21. The van der Waals surface area contributed by atoms with E-state index in [1.165, 1.54) is 6.07 Å². The van der Waals surface area contributed by atoms with E-state index in [9.17, 15) is 8.78 Å². The largest absolute Gasteiger partial charge is 0.264 e. The van der Waals surface area contributed by atoms with Gasteiger partial charge in [0, 0.05) is 5.56 Å². The lowest BCUT2D eigenvalue weighted by Gasteiger charge is -2.35. The van der Waals surface area contributed by atoms with Crippen molar-refractivity contribution in [2.45, 2.75) is 32.1 Å². The second-order valence-corrected chi connectivity index (χ2v) is 4.42. The van der Waals surface area contributed by atoms with Crippen LogP contribution in [0.4, 0.5) is 8.78 Å². The van der Waals surface area contributed by atoms with Gasteiger partial charge in [0.1, 0.15) is 0 Å². The molecule has 0 unspecified atom stereocenters. The summed E-state index contributed by atoms with van der Waals surface area (Å²) in [7, 11) is 0. The van der Waals surface area contributed by atoms with Crippen LogP contribution in [0.1, 0.15) is 36.8 Å². The zero-order chi connectivity index (χ0) is 11.6. The molecule has 0 heterocycles. The predicted octanol–water partition coefficient (Wildman–Crippen LogP) is 3.86. The molecule has 1 aromatic carbocycles. The number of alkyl halides is 2. The van der Waals surface area contributed by atoms with Gasteiger partial charge in [-0.1, -0.05) is 30.7 Å². The van der Waals surface area contributed by atoms with Gasteiger partial charge in [-0.3, -0.25) is 0 Å². The monoisotopic (exact) mass is 221 g/mol. The Balaban J connectivity index is 2.24. The minimum absolute atomic E-state index is 0.0732. The first-order chi connectivity index (χ1) is 7.67. The molecule has 1 aliphatic rings. The average molecular weight is 221 g/mol. The molecule has 0 amide bonds. The number of hydrogen-bond acceptors (Lipinski definition) is 1. The molecule has 0 N–H and O–H groups in total. The highest BCUT2D eigenvalue weighted by molar-refractivity contribution is 5.31. The standard InChI is InChI=1S/C13H13F2N/c14-12(15)11-5-2-1-4-10(11)8-13(9-16)6-3-7-13/h1-2,4-5,12H,3,6-8H2. The molecule has 1 aliphatic carbocycles. The van der Waals surface area contributed by atoms with E-state index in [-0.39, 0.29) is 11.0 Å². The molecule has 0 aromatic heterocycles. The van der Waals surface area contributed by atoms with Crippen molar-refractivity contribution in [3.8, 4) is 6.07 Å². The average Bonchev–Trinajstić information content (AvgIpc) is 2.24. The summed E-state index contributed by atoms with van der Waals surface area (Å²) in [6.07, 6.45) is 0.711. The minimum Gasteiger partial charge on any atom is -0.205 e. The van der Waals surface area contributed by atoms with Gasteiger partial charge in [-0.15, -0.1) is 0 Å². The third kappa shape index (κ3) is 1.92. The van der Waals surface area contributed by atoms with Gasteiger partial charge in [-0.2, -0.15) is 5.26 Å². The smallest absolute Gasteiger partial charge is 0.205 e. The molecule has 1 saturated carbocycles. The van der Waals surface area contributed by atoms with Crippen LogP contribution < -0.4 is 0 Å². The van der Waals surface area contributed by atoms with Gasteiger partial charge in [-0.05, 0) is 24.8 Å². The van der Waals surface area contributed by atoms with Crippen LogP contribution in [0.2, 0.25) is 0 Å². The summed E-state index contributed by atoms with van der Waals surface area (Å²) in [5.74, 6) is 0. The van der Waals surface area contributed by atoms with Crippen LogP contribution in [0.3, 0.4) is 0 Å². The van der Waals surface area contributed by atoms with Gasteiger partial charge < -0.3 is 0 Å². The van der Waals surface area contributed by atoms with Crippen LogP contribution in [-0.2, 0) is 6.42 Å². The molecule has 2 rings (SSSR count). The van der Waals surface area contributed by atoms with Crippen molar-refractivity contribution >= 4 is 0 Å². The van der Waals surface area contributed by atoms with Crippen molar-refractivity contribution in [2.24, 2.45) is 5.41 Å². The van der Waals surface area contributed by atoms with Gasteiger partial charge in [0.2, 0.25) is 0 Å².